The van der Waals surface area contributed by atoms with Crippen LogP contribution in [0.25, 0.3) is 0 Å². The van der Waals surface area contributed by atoms with E-state index in [0.29, 0.717) is 5.92 Å². The minimum atomic E-state index is -0.782. The number of likely N-dealkylation sites (N-methyl/N-ethyl adjacent to an activating group) is 1. The first kappa shape index (κ1) is 15.7. The Balaban J connectivity index is 2.89. The number of unbranched alkanes of at least 4 members (excludes halogenated alkanes) is 1. The number of hydrogen-bond donors (Lipinski definition) is 1. The van der Waals surface area contributed by atoms with Gasteiger partial charge in [0.2, 0.25) is 0 Å². The second-order valence-corrected chi connectivity index (χ2v) is 5.40. The number of nitrogens with zero attached hydrogens (tertiary/aromatic N) is 1. The van der Waals surface area contributed by atoms with Crippen LogP contribution < -0.4 is 0 Å². The van der Waals surface area contributed by atoms with Crippen LogP contribution in [0.4, 0.5) is 0 Å². The van der Waals surface area contributed by atoms with E-state index in [1.165, 1.54) is 5.56 Å². The summed E-state index contributed by atoms with van der Waals surface area (Å²) in [5, 5.41) is 9.43. The molecule has 0 amide bonds. The highest BCUT2D eigenvalue weighted by atomic mass is 16.4. The van der Waals surface area contributed by atoms with Crippen LogP contribution in [-0.2, 0) is 4.79 Å². The fraction of sp³-hybridized carbons (Fsp3) is 0.562. The molecule has 106 valence electrons. The summed E-state index contributed by atoms with van der Waals surface area (Å²) >= 11 is 0. The highest BCUT2D eigenvalue weighted by Crippen LogP contribution is 2.23. The molecule has 0 aromatic heterocycles. The molecule has 3 nitrogen and oxygen atoms in total. The van der Waals surface area contributed by atoms with E-state index in [4.69, 9.17) is 0 Å². The van der Waals surface area contributed by atoms with Gasteiger partial charge in [-0.15, -0.1) is 0 Å². The molecule has 1 aromatic carbocycles. The average Bonchev–Trinajstić information content (AvgIpc) is 2.36. The summed E-state index contributed by atoms with van der Waals surface area (Å²) in [5.41, 5.74) is 2.10. The average molecular weight is 263 g/mol. The second kappa shape index (κ2) is 7.29. The second-order valence-electron chi connectivity index (χ2n) is 5.40. The Morgan fingerprint density at radius 2 is 1.74 bits per heavy atom. The monoisotopic (exact) mass is 263 g/mol. The number of aliphatic carboxylic acids is 1. The van der Waals surface area contributed by atoms with Crippen molar-refractivity contribution in [2.75, 3.05) is 13.6 Å². The molecule has 0 saturated heterocycles. The Morgan fingerprint density at radius 1 is 1.21 bits per heavy atom. The Hall–Kier alpha value is -1.35. The minimum Gasteiger partial charge on any atom is -0.480 e. The van der Waals surface area contributed by atoms with Gasteiger partial charge in [0.1, 0.15) is 6.04 Å². The molecule has 0 aliphatic rings. The minimum absolute atomic E-state index is 0.468. The number of carboxylic acids is 1. The van der Waals surface area contributed by atoms with E-state index in [1.807, 2.05) is 36.2 Å². The maximum atomic E-state index is 11.5. The number of carbonyl (C=O) groups is 1. The quantitative estimate of drug-likeness (QED) is 0.816. The van der Waals surface area contributed by atoms with E-state index in [0.717, 1.165) is 24.9 Å². The number of benzene rings is 1. The van der Waals surface area contributed by atoms with Crippen molar-refractivity contribution in [1.29, 1.82) is 0 Å². The van der Waals surface area contributed by atoms with Crippen molar-refractivity contribution in [2.24, 2.45) is 0 Å². The molecule has 0 saturated carbocycles. The fourth-order valence-corrected chi connectivity index (χ4v) is 2.19. The predicted octanol–water partition coefficient (Wildman–Crippen LogP) is 3.67. The Morgan fingerprint density at radius 3 is 2.16 bits per heavy atom. The van der Waals surface area contributed by atoms with Crippen molar-refractivity contribution in [3.8, 4) is 0 Å². The van der Waals surface area contributed by atoms with Gasteiger partial charge in [-0.05, 0) is 37.1 Å². The molecule has 19 heavy (non-hydrogen) atoms. The smallest absolute Gasteiger partial charge is 0.325 e. The highest BCUT2D eigenvalue weighted by Gasteiger charge is 2.24. The van der Waals surface area contributed by atoms with Crippen molar-refractivity contribution in [3.05, 3.63) is 35.4 Å². The van der Waals surface area contributed by atoms with E-state index >= 15 is 0 Å². The lowest BCUT2D eigenvalue weighted by Crippen LogP contribution is -2.31. The molecule has 0 aliphatic heterocycles. The molecule has 0 radical (unpaired) electrons. The molecule has 0 spiro atoms. The summed E-state index contributed by atoms with van der Waals surface area (Å²) in [6.07, 6.45) is 2.09. The predicted molar refractivity (Wildman–Crippen MR) is 78.4 cm³/mol. The standard InChI is InChI=1S/C16H25NO2/c1-5-6-11-17(4)15(16(18)19)14-9-7-13(8-10-14)12(2)3/h7-10,12,15H,5-6,11H2,1-4H3,(H,18,19). The first-order valence-corrected chi connectivity index (χ1v) is 7.00. The Labute approximate surface area is 116 Å². The number of hydrogen-bond acceptors (Lipinski definition) is 2. The lowest BCUT2D eigenvalue weighted by molar-refractivity contribution is -0.143. The zero-order chi connectivity index (χ0) is 14.4. The Bertz CT molecular complexity index is 398. The van der Waals surface area contributed by atoms with E-state index in [-0.39, 0.29) is 0 Å². The maximum absolute atomic E-state index is 11.5. The van der Waals surface area contributed by atoms with E-state index < -0.39 is 12.0 Å². The lowest BCUT2D eigenvalue weighted by Gasteiger charge is -2.25. The van der Waals surface area contributed by atoms with E-state index in [1.54, 1.807) is 0 Å². The summed E-state index contributed by atoms with van der Waals surface area (Å²) in [5.74, 6) is -0.314. The summed E-state index contributed by atoms with van der Waals surface area (Å²) in [6, 6.07) is 7.40. The summed E-state index contributed by atoms with van der Waals surface area (Å²) < 4.78 is 0. The van der Waals surface area contributed by atoms with Crippen LogP contribution in [0, 0.1) is 0 Å². The number of rotatable bonds is 7. The first-order valence-electron chi connectivity index (χ1n) is 7.00. The molecule has 0 fully saturated rings. The first-order chi connectivity index (χ1) is 8.97. The summed E-state index contributed by atoms with van der Waals surface area (Å²) in [4.78, 5) is 13.4. The van der Waals surface area contributed by atoms with Crippen LogP contribution in [0.3, 0.4) is 0 Å². The third-order valence-corrected chi connectivity index (χ3v) is 3.46. The highest BCUT2D eigenvalue weighted by molar-refractivity contribution is 5.75. The Kier molecular flexibility index (Phi) is 6.03. The van der Waals surface area contributed by atoms with Gasteiger partial charge in [0.15, 0.2) is 0 Å². The molecule has 1 N–H and O–H groups in total. The zero-order valence-corrected chi connectivity index (χ0v) is 12.4. The third-order valence-electron chi connectivity index (χ3n) is 3.46. The molecule has 0 aliphatic carbocycles. The van der Waals surface area contributed by atoms with Gasteiger partial charge in [0.05, 0.1) is 0 Å². The molecule has 1 aromatic rings. The molecule has 1 unspecified atom stereocenters. The maximum Gasteiger partial charge on any atom is 0.325 e. The van der Waals surface area contributed by atoms with Crippen LogP contribution in [0.5, 0.6) is 0 Å². The van der Waals surface area contributed by atoms with Crippen LogP contribution in [0.15, 0.2) is 24.3 Å². The molecule has 0 heterocycles. The molecule has 3 heteroatoms. The molecule has 0 bridgehead atoms. The topological polar surface area (TPSA) is 40.5 Å². The SMILES string of the molecule is CCCCN(C)C(C(=O)O)c1ccc(C(C)C)cc1. The molecule has 1 atom stereocenters. The molecular weight excluding hydrogens is 238 g/mol. The van der Waals surface area contributed by atoms with Gasteiger partial charge in [0, 0.05) is 0 Å². The molecule has 1 rings (SSSR count). The van der Waals surface area contributed by atoms with Crippen molar-refractivity contribution in [2.45, 2.75) is 45.6 Å². The van der Waals surface area contributed by atoms with Crippen LogP contribution >= 0.6 is 0 Å². The van der Waals surface area contributed by atoms with Gasteiger partial charge < -0.3 is 5.11 Å². The van der Waals surface area contributed by atoms with Crippen molar-refractivity contribution >= 4 is 5.97 Å². The fourth-order valence-electron chi connectivity index (χ4n) is 2.19. The molecular formula is C16H25NO2. The lowest BCUT2D eigenvalue weighted by atomic mass is 9.98. The van der Waals surface area contributed by atoms with Crippen LogP contribution in [0.1, 0.15) is 56.7 Å². The van der Waals surface area contributed by atoms with Crippen LogP contribution in [0.2, 0.25) is 0 Å². The van der Waals surface area contributed by atoms with Gasteiger partial charge in [-0.25, -0.2) is 0 Å². The normalized spacial score (nSPS) is 12.9. The summed E-state index contributed by atoms with van der Waals surface area (Å²) in [6.45, 7) is 7.19. The summed E-state index contributed by atoms with van der Waals surface area (Å²) in [7, 11) is 1.88. The zero-order valence-electron chi connectivity index (χ0n) is 12.4. The largest absolute Gasteiger partial charge is 0.480 e. The van der Waals surface area contributed by atoms with E-state index in [2.05, 4.69) is 20.8 Å². The van der Waals surface area contributed by atoms with Gasteiger partial charge in [-0.1, -0.05) is 51.5 Å². The van der Waals surface area contributed by atoms with Gasteiger partial charge in [-0.3, -0.25) is 9.69 Å². The van der Waals surface area contributed by atoms with Crippen molar-refractivity contribution in [3.63, 3.8) is 0 Å². The van der Waals surface area contributed by atoms with Gasteiger partial charge in [0.25, 0.3) is 0 Å². The van der Waals surface area contributed by atoms with Crippen LogP contribution in [-0.4, -0.2) is 29.6 Å². The van der Waals surface area contributed by atoms with E-state index in [9.17, 15) is 9.90 Å². The van der Waals surface area contributed by atoms with Gasteiger partial charge >= 0.3 is 5.97 Å². The third kappa shape index (κ3) is 4.35. The van der Waals surface area contributed by atoms with Crippen molar-refractivity contribution in [1.82, 2.24) is 4.90 Å². The number of carboxylic acid groups (broad SMARTS) is 1. The van der Waals surface area contributed by atoms with Crippen molar-refractivity contribution < 1.29 is 9.90 Å². The van der Waals surface area contributed by atoms with Gasteiger partial charge in [-0.2, -0.15) is 0 Å².